The van der Waals surface area contributed by atoms with Crippen molar-refractivity contribution in [1.29, 1.82) is 0 Å². The fourth-order valence-corrected chi connectivity index (χ4v) is 3.30. The molecule has 13 nitrogen and oxygen atoms in total. The van der Waals surface area contributed by atoms with Crippen LogP contribution in [-0.4, -0.2) is 123 Å². The molecule has 0 amide bonds. The lowest BCUT2D eigenvalue weighted by Gasteiger charge is -2.45. The van der Waals surface area contributed by atoms with Crippen molar-refractivity contribution in [3.05, 3.63) is 0 Å². The van der Waals surface area contributed by atoms with Gasteiger partial charge in [-0.3, -0.25) is 0 Å². The zero-order valence-corrected chi connectivity index (χ0v) is 16.3. The van der Waals surface area contributed by atoms with Gasteiger partial charge >= 0.3 is 5.97 Å². The summed E-state index contributed by atoms with van der Waals surface area (Å²) >= 11 is 0. The van der Waals surface area contributed by atoms with Gasteiger partial charge < -0.3 is 60.4 Å². The third kappa shape index (κ3) is 5.83. The van der Waals surface area contributed by atoms with E-state index in [1.54, 1.807) is 0 Å². The molecule has 30 heavy (non-hydrogen) atoms. The fraction of sp³-hybridized carbons (Fsp3) is 0.941. The molecule has 0 aromatic rings. The van der Waals surface area contributed by atoms with E-state index >= 15 is 0 Å². The van der Waals surface area contributed by atoms with Gasteiger partial charge in [-0.1, -0.05) is 0 Å². The first-order valence-electron chi connectivity index (χ1n) is 9.75. The van der Waals surface area contributed by atoms with Gasteiger partial charge in [0.15, 0.2) is 18.7 Å². The minimum Gasteiger partial charge on any atom is -0.479 e. The molecule has 0 radical (unpaired) electrons. The van der Waals surface area contributed by atoms with Gasteiger partial charge in [-0.25, -0.2) is 4.79 Å². The van der Waals surface area contributed by atoms with E-state index in [0.29, 0.717) is 13.0 Å². The number of ether oxygens (including phenoxy) is 4. The third-order valence-corrected chi connectivity index (χ3v) is 5.06. The summed E-state index contributed by atoms with van der Waals surface area (Å²) in [6.07, 6.45) is -14.5. The average Bonchev–Trinajstić information content (AvgIpc) is 2.71. The van der Waals surface area contributed by atoms with Crippen molar-refractivity contribution in [2.75, 3.05) is 19.8 Å². The summed E-state index contributed by atoms with van der Waals surface area (Å²) in [5, 5.41) is 69.2. The highest BCUT2D eigenvalue weighted by Crippen LogP contribution is 2.29. The molecule has 2 fully saturated rings. The number of aliphatic hydroxyl groups is 6. The summed E-state index contributed by atoms with van der Waals surface area (Å²) < 4.78 is 21.1. The lowest BCUT2D eigenvalue weighted by atomic mass is 9.97. The molecule has 0 saturated carbocycles. The van der Waals surface area contributed by atoms with Crippen LogP contribution in [0.5, 0.6) is 0 Å². The van der Waals surface area contributed by atoms with Gasteiger partial charge in [0.2, 0.25) is 0 Å². The predicted octanol–water partition coefficient (Wildman–Crippen LogP) is -4.15. The van der Waals surface area contributed by atoms with Gasteiger partial charge in [-0.15, -0.1) is 0 Å². The Labute approximate surface area is 172 Å². The maximum absolute atomic E-state index is 11.4. The van der Waals surface area contributed by atoms with Crippen LogP contribution in [0.15, 0.2) is 0 Å². The molecule has 0 aliphatic carbocycles. The SMILES string of the molecule is NCCCCCO[C@@H]1OC(C(=O)O)[C@H](O)[C@H](O[C@@H]2OC(CO)[C@H](O)[C@H](O)C2O)C1O. The fourth-order valence-electron chi connectivity index (χ4n) is 3.30. The summed E-state index contributed by atoms with van der Waals surface area (Å²) in [6, 6.07) is 0. The molecular formula is C17H31NO12. The molecule has 176 valence electrons. The van der Waals surface area contributed by atoms with Gasteiger partial charge in [-0.2, -0.15) is 0 Å². The minimum atomic E-state index is -1.87. The van der Waals surface area contributed by atoms with Crippen LogP contribution in [0.25, 0.3) is 0 Å². The highest BCUT2D eigenvalue weighted by molar-refractivity contribution is 5.73. The third-order valence-electron chi connectivity index (χ3n) is 5.06. The number of carboxylic acid groups (broad SMARTS) is 1. The van der Waals surface area contributed by atoms with Crippen molar-refractivity contribution in [1.82, 2.24) is 0 Å². The number of nitrogens with two attached hydrogens (primary N) is 1. The Kier molecular flexibility index (Phi) is 9.77. The maximum Gasteiger partial charge on any atom is 0.335 e. The molecule has 2 saturated heterocycles. The average molecular weight is 441 g/mol. The molecule has 0 aromatic carbocycles. The van der Waals surface area contributed by atoms with Crippen LogP contribution in [-0.2, 0) is 23.7 Å². The van der Waals surface area contributed by atoms with Gasteiger partial charge in [0.05, 0.1) is 6.61 Å². The summed E-state index contributed by atoms with van der Waals surface area (Å²) in [7, 11) is 0. The molecule has 0 aromatic heterocycles. The summed E-state index contributed by atoms with van der Waals surface area (Å²) in [4.78, 5) is 11.4. The number of carbonyl (C=O) groups is 1. The van der Waals surface area contributed by atoms with Crippen LogP contribution in [0.3, 0.4) is 0 Å². The smallest absolute Gasteiger partial charge is 0.335 e. The molecule has 2 heterocycles. The Morgan fingerprint density at radius 1 is 0.867 bits per heavy atom. The van der Waals surface area contributed by atoms with E-state index in [1.165, 1.54) is 0 Å². The number of rotatable bonds is 10. The zero-order chi connectivity index (χ0) is 22.4. The second-order valence-corrected chi connectivity index (χ2v) is 7.26. The Morgan fingerprint density at radius 2 is 1.57 bits per heavy atom. The van der Waals surface area contributed by atoms with E-state index in [0.717, 1.165) is 12.8 Å². The maximum atomic E-state index is 11.4. The monoisotopic (exact) mass is 441 g/mol. The van der Waals surface area contributed by atoms with Gasteiger partial charge in [0.1, 0.15) is 42.7 Å². The molecule has 10 atom stereocenters. The molecule has 9 N–H and O–H groups in total. The molecule has 13 heteroatoms. The first-order valence-corrected chi connectivity index (χ1v) is 9.75. The van der Waals surface area contributed by atoms with Crippen LogP contribution in [0.1, 0.15) is 19.3 Å². The summed E-state index contributed by atoms with van der Waals surface area (Å²) in [5.74, 6) is -1.53. The second-order valence-electron chi connectivity index (χ2n) is 7.26. The van der Waals surface area contributed by atoms with E-state index in [9.17, 15) is 40.5 Å². The van der Waals surface area contributed by atoms with E-state index in [4.69, 9.17) is 24.7 Å². The minimum absolute atomic E-state index is 0.122. The number of aliphatic carboxylic acids is 1. The number of carboxylic acids is 1. The molecular weight excluding hydrogens is 410 g/mol. The van der Waals surface area contributed by atoms with Crippen molar-refractivity contribution in [3.8, 4) is 0 Å². The van der Waals surface area contributed by atoms with Gasteiger partial charge in [-0.05, 0) is 25.8 Å². The van der Waals surface area contributed by atoms with Crippen LogP contribution >= 0.6 is 0 Å². The lowest BCUT2D eigenvalue weighted by molar-refractivity contribution is -0.356. The van der Waals surface area contributed by atoms with Crippen LogP contribution in [0.2, 0.25) is 0 Å². The first kappa shape index (κ1) is 25.3. The van der Waals surface area contributed by atoms with E-state index in [2.05, 4.69) is 0 Å². The first-order chi connectivity index (χ1) is 14.2. The lowest BCUT2D eigenvalue weighted by Crippen LogP contribution is -2.65. The Balaban J connectivity index is 2.09. The second kappa shape index (κ2) is 11.6. The van der Waals surface area contributed by atoms with Crippen LogP contribution in [0.4, 0.5) is 0 Å². The number of aliphatic hydroxyl groups excluding tert-OH is 6. The Morgan fingerprint density at radius 3 is 2.17 bits per heavy atom. The van der Waals surface area contributed by atoms with E-state index in [-0.39, 0.29) is 6.61 Å². The predicted molar refractivity (Wildman–Crippen MR) is 95.8 cm³/mol. The summed E-state index contributed by atoms with van der Waals surface area (Å²) in [5.41, 5.74) is 5.40. The molecule has 2 rings (SSSR count). The molecule has 2 aliphatic rings. The van der Waals surface area contributed by atoms with Crippen molar-refractivity contribution in [3.63, 3.8) is 0 Å². The number of hydrogen-bond donors (Lipinski definition) is 8. The molecule has 4 unspecified atom stereocenters. The van der Waals surface area contributed by atoms with Crippen molar-refractivity contribution < 1.29 is 59.5 Å². The number of unbranched alkanes of at least 4 members (excludes halogenated alkanes) is 2. The highest BCUT2D eigenvalue weighted by atomic mass is 16.7. The highest BCUT2D eigenvalue weighted by Gasteiger charge is 2.52. The summed E-state index contributed by atoms with van der Waals surface area (Å²) in [6.45, 7) is -0.0856. The standard InChI is InChI=1S/C17H31NO12/c18-4-2-1-3-5-27-16-12(24)13(11(23)14(30-16)15(25)26)29-17-10(22)9(21)8(20)7(6-19)28-17/h7-14,16-17,19-24H,1-6,18H2,(H,25,26)/t7?,8-,9-,10?,11+,12?,13-,14?,16+,17-/m0/s1. The molecule has 0 bridgehead atoms. The van der Waals surface area contributed by atoms with Crippen molar-refractivity contribution in [2.45, 2.75) is 80.7 Å². The van der Waals surface area contributed by atoms with Gasteiger partial charge in [0.25, 0.3) is 0 Å². The van der Waals surface area contributed by atoms with Crippen molar-refractivity contribution >= 4 is 5.97 Å². The normalized spacial score (nSPS) is 42.2. The largest absolute Gasteiger partial charge is 0.479 e. The Bertz CT molecular complexity index is 537. The van der Waals surface area contributed by atoms with Crippen LogP contribution < -0.4 is 5.73 Å². The van der Waals surface area contributed by atoms with Crippen LogP contribution in [0, 0.1) is 0 Å². The molecule has 0 spiro atoms. The van der Waals surface area contributed by atoms with Gasteiger partial charge in [0, 0.05) is 6.61 Å². The zero-order valence-electron chi connectivity index (χ0n) is 16.3. The van der Waals surface area contributed by atoms with E-state index in [1.807, 2.05) is 0 Å². The van der Waals surface area contributed by atoms with Crippen molar-refractivity contribution in [2.24, 2.45) is 5.73 Å². The Hall–Kier alpha value is -0.970. The quantitative estimate of drug-likeness (QED) is 0.151. The molecule has 2 aliphatic heterocycles. The topological polar surface area (TPSA) is 222 Å². The van der Waals surface area contributed by atoms with E-state index < -0.39 is 74.0 Å². The number of hydrogen-bond acceptors (Lipinski definition) is 12.